The van der Waals surface area contributed by atoms with Crippen LogP contribution < -0.4 is 10.6 Å². The van der Waals surface area contributed by atoms with Gasteiger partial charge in [-0.05, 0) is 55.5 Å². The van der Waals surface area contributed by atoms with E-state index in [0.29, 0.717) is 5.69 Å². The van der Waals surface area contributed by atoms with Gasteiger partial charge in [0.1, 0.15) is 0 Å². The van der Waals surface area contributed by atoms with E-state index in [1.165, 1.54) is 6.07 Å². The van der Waals surface area contributed by atoms with E-state index in [1.807, 2.05) is 35.8 Å². The number of fused-ring (bicyclic) bond motifs is 1. The fraction of sp³-hybridized carbons (Fsp3) is 0.0909. The predicted octanol–water partition coefficient (Wildman–Crippen LogP) is 6.65. The zero-order valence-corrected chi connectivity index (χ0v) is 16.9. The van der Waals surface area contributed by atoms with Gasteiger partial charge in [0, 0.05) is 34.8 Å². The maximum Gasteiger partial charge on any atom is 0.417 e. The SMILES string of the molecule is Cc1cc2c(NC(=O)Nc3ccc(Cl)c(C(F)(F)F)c3)cccc2n1-c1ccncc1. The Balaban J connectivity index is 1.62. The van der Waals surface area contributed by atoms with E-state index in [-0.39, 0.29) is 5.69 Å². The van der Waals surface area contributed by atoms with Crippen LogP contribution in [-0.4, -0.2) is 15.6 Å². The molecule has 0 aliphatic heterocycles. The molecule has 2 amide bonds. The molecule has 0 spiro atoms. The average molecular weight is 445 g/mol. The number of halogens is 4. The third-order valence-electron chi connectivity index (χ3n) is 4.73. The lowest BCUT2D eigenvalue weighted by molar-refractivity contribution is -0.137. The molecule has 0 unspecified atom stereocenters. The minimum atomic E-state index is -4.62. The number of nitrogens with zero attached hydrogens (tertiary/aromatic N) is 2. The number of benzene rings is 2. The van der Waals surface area contributed by atoms with Gasteiger partial charge in [-0.2, -0.15) is 13.2 Å². The molecule has 158 valence electrons. The Morgan fingerprint density at radius 2 is 1.77 bits per heavy atom. The summed E-state index contributed by atoms with van der Waals surface area (Å²) in [5.74, 6) is 0. The van der Waals surface area contributed by atoms with Gasteiger partial charge in [-0.15, -0.1) is 0 Å². The van der Waals surface area contributed by atoms with Gasteiger partial charge in [-0.25, -0.2) is 4.79 Å². The van der Waals surface area contributed by atoms with E-state index < -0.39 is 22.8 Å². The minimum Gasteiger partial charge on any atom is -0.314 e. The molecule has 4 rings (SSSR count). The van der Waals surface area contributed by atoms with Crippen LogP contribution >= 0.6 is 11.6 Å². The number of amides is 2. The predicted molar refractivity (Wildman–Crippen MR) is 115 cm³/mol. The first kappa shape index (κ1) is 20.7. The Hall–Kier alpha value is -3.52. The number of alkyl halides is 3. The summed E-state index contributed by atoms with van der Waals surface area (Å²) in [6, 6.07) is 13.6. The van der Waals surface area contributed by atoms with Gasteiger partial charge in [0.15, 0.2) is 0 Å². The lowest BCUT2D eigenvalue weighted by Gasteiger charge is -2.13. The van der Waals surface area contributed by atoms with Crippen molar-refractivity contribution < 1.29 is 18.0 Å². The van der Waals surface area contributed by atoms with Gasteiger partial charge < -0.3 is 15.2 Å². The molecule has 4 aromatic rings. The van der Waals surface area contributed by atoms with Crippen molar-refractivity contribution in [1.82, 2.24) is 9.55 Å². The Bertz CT molecular complexity index is 1270. The molecule has 0 aliphatic carbocycles. The fourth-order valence-corrected chi connectivity index (χ4v) is 3.64. The first-order valence-corrected chi connectivity index (χ1v) is 9.58. The summed E-state index contributed by atoms with van der Waals surface area (Å²) in [6.07, 6.45) is -1.24. The van der Waals surface area contributed by atoms with E-state index in [4.69, 9.17) is 11.6 Å². The molecular formula is C22H16ClF3N4O. The molecule has 5 nitrogen and oxygen atoms in total. The highest BCUT2D eigenvalue weighted by molar-refractivity contribution is 6.31. The third kappa shape index (κ3) is 4.20. The molecule has 0 atom stereocenters. The lowest BCUT2D eigenvalue weighted by Crippen LogP contribution is -2.20. The number of carbonyl (C=O) groups is 1. The number of pyridine rings is 1. The number of rotatable bonds is 3. The highest BCUT2D eigenvalue weighted by Gasteiger charge is 2.33. The molecule has 0 saturated heterocycles. The number of hydrogen-bond acceptors (Lipinski definition) is 2. The number of urea groups is 1. The number of aryl methyl sites for hydroxylation is 1. The zero-order chi connectivity index (χ0) is 22.2. The quantitative estimate of drug-likeness (QED) is 0.371. The van der Waals surface area contributed by atoms with Gasteiger partial charge in [-0.3, -0.25) is 4.98 Å². The zero-order valence-electron chi connectivity index (χ0n) is 16.2. The normalized spacial score (nSPS) is 11.5. The summed E-state index contributed by atoms with van der Waals surface area (Å²) in [4.78, 5) is 16.5. The van der Waals surface area contributed by atoms with Crippen LogP contribution in [0.1, 0.15) is 11.3 Å². The lowest BCUT2D eigenvalue weighted by atomic mass is 10.2. The Morgan fingerprint density at radius 1 is 1.03 bits per heavy atom. The van der Waals surface area contributed by atoms with Crippen molar-refractivity contribution in [2.24, 2.45) is 0 Å². The summed E-state index contributed by atoms with van der Waals surface area (Å²) in [5, 5.41) is 5.49. The van der Waals surface area contributed by atoms with Crippen molar-refractivity contribution in [3.05, 3.63) is 83.3 Å². The van der Waals surface area contributed by atoms with Crippen LogP contribution in [0.15, 0.2) is 67.0 Å². The molecule has 0 radical (unpaired) electrons. The maximum absolute atomic E-state index is 13.0. The highest BCUT2D eigenvalue weighted by atomic mass is 35.5. The van der Waals surface area contributed by atoms with E-state index in [1.54, 1.807) is 24.5 Å². The van der Waals surface area contributed by atoms with Gasteiger partial charge in [0.25, 0.3) is 0 Å². The van der Waals surface area contributed by atoms with Crippen LogP contribution in [0.4, 0.5) is 29.3 Å². The molecule has 0 saturated carbocycles. The van der Waals surface area contributed by atoms with E-state index in [2.05, 4.69) is 15.6 Å². The minimum absolute atomic E-state index is 0.0214. The van der Waals surface area contributed by atoms with Crippen molar-refractivity contribution in [3.8, 4) is 5.69 Å². The summed E-state index contributed by atoms with van der Waals surface area (Å²) in [7, 11) is 0. The van der Waals surface area contributed by atoms with Crippen LogP contribution in [0.25, 0.3) is 16.6 Å². The Morgan fingerprint density at radius 3 is 2.48 bits per heavy atom. The molecule has 0 bridgehead atoms. The Kier molecular flexibility index (Phi) is 5.32. The van der Waals surface area contributed by atoms with E-state index in [9.17, 15) is 18.0 Å². The molecule has 0 aliphatic rings. The molecule has 2 N–H and O–H groups in total. The van der Waals surface area contributed by atoms with Gasteiger partial charge in [0.2, 0.25) is 0 Å². The molecule has 9 heteroatoms. The van der Waals surface area contributed by atoms with E-state index >= 15 is 0 Å². The first-order valence-electron chi connectivity index (χ1n) is 9.20. The standard InChI is InChI=1S/C22H16ClF3N4O/c1-13-11-16-19(3-2-4-20(16)30(13)15-7-9-27-10-8-15)29-21(31)28-14-5-6-18(23)17(12-14)22(24,25)26/h2-12H,1H3,(H2,28,29,31). The van der Waals surface area contributed by atoms with Crippen LogP contribution in [0.5, 0.6) is 0 Å². The number of aromatic nitrogens is 2. The van der Waals surface area contributed by atoms with Crippen molar-refractivity contribution in [3.63, 3.8) is 0 Å². The number of hydrogen-bond donors (Lipinski definition) is 2. The van der Waals surface area contributed by atoms with E-state index in [0.717, 1.165) is 34.4 Å². The second kappa shape index (κ2) is 7.96. The van der Waals surface area contributed by atoms with Crippen LogP contribution in [0, 0.1) is 6.92 Å². The van der Waals surface area contributed by atoms with Gasteiger partial charge in [0.05, 0.1) is 21.8 Å². The average Bonchev–Trinajstić information content (AvgIpc) is 3.06. The molecule has 0 fully saturated rings. The maximum atomic E-state index is 13.0. The fourth-order valence-electron chi connectivity index (χ4n) is 3.41. The summed E-state index contributed by atoms with van der Waals surface area (Å²) in [5.41, 5.74) is 2.22. The smallest absolute Gasteiger partial charge is 0.314 e. The van der Waals surface area contributed by atoms with Crippen molar-refractivity contribution in [2.75, 3.05) is 10.6 Å². The highest BCUT2D eigenvalue weighted by Crippen LogP contribution is 2.36. The molecular weight excluding hydrogens is 429 g/mol. The second-order valence-corrected chi connectivity index (χ2v) is 7.24. The molecule has 2 aromatic heterocycles. The number of anilines is 2. The number of carbonyl (C=O) groups excluding carboxylic acids is 1. The monoisotopic (exact) mass is 444 g/mol. The van der Waals surface area contributed by atoms with Crippen molar-refractivity contribution in [2.45, 2.75) is 13.1 Å². The topological polar surface area (TPSA) is 59.0 Å². The second-order valence-electron chi connectivity index (χ2n) is 6.84. The van der Waals surface area contributed by atoms with Crippen LogP contribution in [0.3, 0.4) is 0 Å². The summed E-state index contributed by atoms with van der Waals surface area (Å²) >= 11 is 5.63. The van der Waals surface area contributed by atoms with Gasteiger partial charge >= 0.3 is 12.2 Å². The van der Waals surface area contributed by atoms with Crippen LogP contribution in [-0.2, 0) is 6.18 Å². The first-order chi connectivity index (χ1) is 14.7. The largest absolute Gasteiger partial charge is 0.417 e. The Labute approximate surface area is 180 Å². The van der Waals surface area contributed by atoms with Crippen molar-refractivity contribution in [1.29, 1.82) is 0 Å². The van der Waals surface area contributed by atoms with Gasteiger partial charge in [-0.1, -0.05) is 17.7 Å². The summed E-state index contributed by atoms with van der Waals surface area (Å²) in [6.45, 7) is 1.94. The molecule has 2 aromatic carbocycles. The third-order valence-corrected chi connectivity index (χ3v) is 5.06. The molecule has 2 heterocycles. The molecule has 31 heavy (non-hydrogen) atoms. The van der Waals surface area contributed by atoms with Crippen molar-refractivity contribution >= 4 is 39.9 Å². The summed E-state index contributed by atoms with van der Waals surface area (Å²) < 4.78 is 41.2. The number of nitrogens with one attached hydrogen (secondary N) is 2. The van der Waals surface area contributed by atoms with Crippen LogP contribution in [0.2, 0.25) is 5.02 Å².